The summed E-state index contributed by atoms with van der Waals surface area (Å²) in [6, 6.07) is 5.76. The quantitative estimate of drug-likeness (QED) is 0.683. The molecule has 1 heterocycles. The molecule has 1 fully saturated rings. The zero-order valence-electron chi connectivity index (χ0n) is 16.1. The van der Waals surface area contributed by atoms with E-state index >= 15 is 0 Å². The first kappa shape index (κ1) is 21.5. The molecule has 0 radical (unpaired) electrons. The summed E-state index contributed by atoms with van der Waals surface area (Å²) in [5.74, 6) is 0.0985. The minimum atomic E-state index is -0.814. The Bertz CT molecular complexity index is 653. The molecule has 2 rings (SSSR count). The fourth-order valence-electron chi connectivity index (χ4n) is 3.39. The molecule has 1 aliphatic rings. The van der Waals surface area contributed by atoms with Crippen LogP contribution in [0.2, 0.25) is 5.02 Å². The van der Waals surface area contributed by atoms with Crippen molar-refractivity contribution in [3.8, 4) is 5.75 Å². The van der Waals surface area contributed by atoms with E-state index in [0.29, 0.717) is 31.0 Å². The number of carbonyl (C=O) groups is 2. The van der Waals surface area contributed by atoms with Crippen LogP contribution in [-0.4, -0.2) is 66.1 Å². The number of benzene rings is 1. The Labute approximate surface area is 166 Å². The van der Waals surface area contributed by atoms with E-state index in [4.69, 9.17) is 21.4 Å². The van der Waals surface area contributed by atoms with Crippen LogP contribution in [0.5, 0.6) is 5.75 Å². The molecule has 27 heavy (non-hydrogen) atoms. The number of carbonyl (C=O) groups excluding carboxylic acids is 1. The number of aryl methyl sites for hydroxylation is 1. The van der Waals surface area contributed by atoms with Gasteiger partial charge >= 0.3 is 5.97 Å². The van der Waals surface area contributed by atoms with E-state index in [9.17, 15) is 9.59 Å². The smallest absolute Gasteiger partial charge is 0.317 e. The van der Waals surface area contributed by atoms with Crippen molar-refractivity contribution >= 4 is 23.5 Å². The molecule has 1 aliphatic heterocycles. The molecule has 0 bridgehead atoms. The highest BCUT2D eigenvalue weighted by Crippen LogP contribution is 2.21. The maximum Gasteiger partial charge on any atom is 0.317 e. The van der Waals surface area contributed by atoms with Crippen molar-refractivity contribution in [2.24, 2.45) is 0 Å². The van der Waals surface area contributed by atoms with Crippen molar-refractivity contribution in [1.82, 2.24) is 9.80 Å². The molecule has 0 aliphatic carbocycles. The van der Waals surface area contributed by atoms with Crippen LogP contribution in [0, 0.1) is 6.92 Å². The lowest BCUT2D eigenvalue weighted by Gasteiger charge is -2.25. The first-order valence-corrected chi connectivity index (χ1v) is 9.83. The minimum Gasteiger partial charge on any atom is -0.494 e. The lowest BCUT2D eigenvalue weighted by molar-refractivity contribution is -0.138. The lowest BCUT2D eigenvalue weighted by atomic mass is 10.1. The third-order valence-electron chi connectivity index (χ3n) is 4.99. The Hall–Kier alpha value is -1.79. The topological polar surface area (TPSA) is 70.1 Å². The molecular formula is C20H29ClN2O4. The molecule has 0 spiro atoms. The summed E-state index contributed by atoms with van der Waals surface area (Å²) in [4.78, 5) is 27.1. The van der Waals surface area contributed by atoms with Crippen molar-refractivity contribution < 1.29 is 19.4 Å². The molecule has 0 unspecified atom stereocenters. The Morgan fingerprint density at radius 1 is 1.33 bits per heavy atom. The maximum absolute atomic E-state index is 12.5. The summed E-state index contributed by atoms with van der Waals surface area (Å²) in [5.41, 5.74) is 0.970. The fraction of sp³-hybridized carbons (Fsp3) is 0.600. The summed E-state index contributed by atoms with van der Waals surface area (Å²) >= 11 is 6.00. The molecule has 6 nitrogen and oxygen atoms in total. The molecule has 0 aromatic heterocycles. The fourth-order valence-corrected chi connectivity index (χ4v) is 3.51. The Morgan fingerprint density at radius 2 is 2.11 bits per heavy atom. The zero-order valence-corrected chi connectivity index (χ0v) is 16.9. The van der Waals surface area contributed by atoms with Gasteiger partial charge in [-0.1, -0.05) is 11.6 Å². The van der Waals surface area contributed by atoms with E-state index < -0.39 is 5.97 Å². The van der Waals surface area contributed by atoms with E-state index in [0.717, 1.165) is 37.1 Å². The second-order valence-electron chi connectivity index (χ2n) is 7.14. The van der Waals surface area contributed by atoms with Gasteiger partial charge in [0.1, 0.15) is 5.75 Å². The highest BCUT2D eigenvalue weighted by molar-refractivity contribution is 6.31. The van der Waals surface area contributed by atoms with Crippen LogP contribution in [0.15, 0.2) is 18.2 Å². The molecule has 7 heteroatoms. The second kappa shape index (κ2) is 10.5. The number of nitrogens with zero attached hydrogens (tertiary/aromatic N) is 2. The highest BCUT2D eigenvalue weighted by Gasteiger charge is 2.23. The van der Waals surface area contributed by atoms with Gasteiger partial charge in [0, 0.05) is 30.6 Å². The van der Waals surface area contributed by atoms with E-state index in [2.05, 4.69) is 0 Å². The van der Waals surface area contributed by atoms with Gasteiger partial charge in [-0.25, -0.2) is 0 Å². The van der Waals surface area contributed by atoms with Crippen LogP contribution < -0.4 is 4.74 Å². The van der Waals surface area contributed by atoms with Crippen molar-refractivity contribution in [1.29, 1.82) is 0 Å². The third-order valence-corrected chi connectivity index (χ3v) is 5.42. The van der Waals surface area contributed by atoms with Crippen LogP contribution in [0.4, 0.5) is 0 Å². The Balaban J connectivity index is 1.71. The number of ether oxygens (including phenoxy) is 1. The zero-order chi connectivity index (χ0) is 19.8. The van der Waals surface area contributed by atoms with Crippen LogP contribution in [0.1, 0.15) is 37.7 Å². The summed E-state index contributed by atoms with van der Waals surface area (Å²) in [6.07, 6.45) is 3.77. The molecule has 0 saturated carbocycles. The number of hydrogen-bond donors (Lipinski definition) is 1. The summed E-state index contributed by atoms with van der Waals surface area (Å²) < 4.78 is 5.70. The van der Waals surface area contributed by atoms with Crippen molar-refractivity contribution in [3.05, 3.63) is 28.8 Å². The van der Waals surface area contributed by atoms with Crippen molar-refractivity contribution in [3.63, 3.8) is 0 Å². The molecule has 1 aromatic rings. The molecule has 1 aromatic carbocycles. The van der Waals surface area contributed by atoms with Gasteiger partial charge in [-0.3, -0.25) is 14.5 Å². The first-order chi connectivity index (χ1) is 12.9. The Morgan fingerprint density at radius 3 is 2.81 bits per heavy atom. The van der Waals surface area contributed by atoms with Gasteiger partial charge in [-0.2, -0.15) is 0 Å². The largest absolute Gasteiger partial charge is 0.494 e. The second-order valence-corrected chi connectivity index (χ2v) is 7.54. The SMILES string of the molecule is Cc1cc(OCCCC(=O)N2CCC[C@@H](N(C)CC(=O)O)CC2)ccc1Cl. The van der Waals surface area contributed by atoms with Crippen molar-refractivity contribution in [2.75, 3.05) is 33.3 Å². The number of rotatable bonds is 8. The number of aliphatic carboxylic acids is 1. The van der Waals surface area contributed by atoms with Gasteiger partial charge < -0.3 is 14.7 Å². The Kier molecular flexibility index (Phi) is 8.38. The van der Waals surface area contributed by atoms with Crippen LogP contribution in [0.3, 0.4) is 0 Å². The number of amides is 1. The van der Waals surface area contributed by atoms with Crippen LogP contribution in [0.25, 0.3) is 0 Å². The van der Waals surface area contributed by atoms with Crippen LogP contribution in [-0.2, 0) is 9.59 Å². The number of likely N-dealkylation sites (tertiary alicyclic amines) is 1. The molecule has 1 amide bonds. The minimum absolute atomic E-state index is 0.0418. The summed E-state index contributed by atoms with van der Waals surface area (Å²) in [5, 5.41) is 9.65. The monoisotopic (exact) mass is 396 g/mol. The lowest BCUT2D eigenvalue weighted by Crippen LogP contribution is -2.37. The predicted molar refractivity (Wildman–Crippen MR) is 105 cm³/mol. The van der Waals surface area contributed by atoms with E-state index in [-0.39, 0.29) is 18.5 Å². The highest BCUT2D eigenvalue weighted by atomic mass is 35.5. The molecule has 1 N–H and O–H groups in total. The first-order valence-electron chi connectivity index (χ1n) is 9.45. The normalized spacial score (nSPS) is 17.6. The van der Waals surface area contributed by atoms with Gasteiger partial charge in [0.15, 0.2) is 0 Å². The van der Waals surface area contributed by atoms with Crippen molar-refractivity contribution in [2.45, 2.75) is 45.1 Å². The van der Waals surface area contributed by atoms with Gasteiger partial charge in [-0.15, -0.1) is 0 Å². The molecular weight excluding hydrogens is 368 g/mol. The van der Waals surface area contributed by atoms with Gasteiger partial charge in [0.2, 0.25) is 5.91 Å². The molecule has 1 atom stereocenters. The average Bonchev–Trinajstić information content (AvgIpc) is 2.87. The third kappa shape index (κ3) is 7.03. The predicted octanol–water partition coefficient (Wildman–Crippen LogP) is 3.20. The van der Waals surface area contributed by atoms with E-state index in [1.54, 1.807) is 0 Å². The van der Waals surface area contributed by atoms with E-state index in [1.807, 2.05) is 42.0 Å². The summed E-state index contributed by atoms with van der Waals surface area (Å²) in [7, 11) is 1.84. The number of likely N-dealkylation sites (N-methyl/N-ethyl adjacent to an activating group) is 1. The number of carboxylic acid groups (broad SMARTS) is 1. The van der Waals surface area contributed by atoms with Gasteiger partial charge in [-0.05, 0) is 63.4 Å². The van der Waals surface area contributed by atoms with E-state index in [1.165, 1.54) is 0 Å². The summed E-state index contributed by atoms with van der Waals surface area (Å²) in [6.45, 7) is 3.89. The standard InChI is InChI=1S/C20H29ClN2O4/c1-15-13-17(7-8-18(15)21)27-12-4-6-19(24)23-10-3-5-16(9-11-23)22(2)14-20(25)26/h7-8,13,16H,3-6,9-12,14H2,1-2H3,(H,25,26)/t16-/m1/s1. The maximum atomic E-state index is 12.5. The number of halogens is 1. The number of hydrogen-bond acceptors (Lipinski definition) is 4. The van der Waals surface area contributed by atoms with Gasteiger partial charge in [0.05, 0.1) is 13.2 Å². The molecule has 1 saturated heterocycles. The van der Waals surface area contributed by atoms with Gasteiger partial charge in [0.25, 0.3) is 0 Å². The van der Waals surface area contributed by atoms with Crippen LogP contribution >= 0.6 is 11.6 Å². The number of carboxylic acids is 1. The average molecular weight is 397 g/mol. The molecule has 150 valence electrons.